The molecule has 3 aromatic carbocycles. The Hall–Kier alpha value is -2.69. The van der Waals surface area contributed by atoms with E-state index in [1.54, 1.807) is 13.2 Å². The Morgan fingerprint density at radius 1 is 1.00 bits per heavy atom. The first-order valence-electron chi connectivity index (χ1n) is 13.3. The normalized spacial score (nSPS) is 12.2. The molecule has 0 aromatic heterocycles. The minimum Gasteiger partial charge on any atom is -0.548 e. The number of amides is 1. The zero-order chi connectivity index (χ0) is 28.2. The summed E-state index contributed by atoms with van der Waals surface area (Å²) < 4.78 is 11.8. The number of methoxy groups -OCH3 is 1. The Balaban J connectivity index is 0.00000560. The van der Waals surface area contributed by atoms with Gasteiger partial charge in [0.1, 0.15) is 5.75 Å². The van der Waals surface area contributed by atoms with Crippen molar-refractivity contribution in [2.45, 2.75) is 58.3 Å². The molecule has 0 saturated carbocycles. The van der Waals surface area contributed by atoms with Crippen molar-refractivity contribution >= 4 is 23.6 Å². The number of carbonyl (C=O) groups is 2. The van der Waals surface area contributed by atoms with Gasteiger partial charge in [-0.1, -0.05) is 62.2 Å². The van der Waals surface area contributed by atoms with Crippen LogP contribution in [0.3, 0.4) is 0 Å². The smallest absolute Gasteiger partial charge is 0.548 e. The Kier molecular flexibility index (Phi) is 14.4. The van der Waals surface area contributed by atoms with Crippen molar-refractivity contribution in [2.24, 2.45) is 0 Å². The van der Waals surface area contributed by atoms with Gasteiger partial charge in [-0.15, -0.1) is 0 Å². The van der Waals surface area contributed by atoms with Gasteiger partial charge in [-0.25, -0.2) is 0 Å². The van der Waals surface area contributed by atoms with Crippen molar-refractivity contribution in [2.75, 3.05) is 19.1 Å². The Labute approximate surface area is 254 Å². The summed E-state index contributed by atoms with van der Waals surface area (Å²) in [5.41, 5.74) is 5.07. The third-order valence-electron chi connectivity index (χ3n) is 6.70. The number of ether oxygens (including phenoxy) is 2. The molecule has 2 atom stereocenters. The van der Waals surface area contributed by atoms with Crippen LogP contribution in [0, 0.1) is 6.92 Å². The molecule has 6 nitrogen and oxygen atoms in total. The van der Waals surface area contributed by atoms with Crippen LogP contribution in [-0.2, 0) is 16.1 Å². The van der Waals surface area contributed by atoms with E-state index in [1.807, 2.05) is 67.8 Å². The van der Waals surface area contributed by atoms with E-state index in [-0.39, 0.29) is 25.0 Å². The van der Waals surface area contributed by atoms with Gasteiger partial charge < -0.3 is 24.7 Å². The van der Waals surface area contributed by atoms with Gasteiger partial charge in [-0.2, -0.15) is 11.8 Å². The molecule has 1 unspecified atom stereocenters. The van der Waals surface area contributed by atoms with Gasteiger partial charge in [0.15, 0.2) is 0 Å². The average molecular weight is 556 g/mol. The van der Waals surface area contributed by atoms with Gasteiger partial charge in [-0.05, 0) is 83.9 Å². The quantitative estimate of drug-likeness (QED) is 0.290. The van der Waals surface area contributed by atoms with Crippen molar-refractivity contribution in [1.82, 2.24) is 5.32 Å². The van der Waals surface area contributed by atoms with E-state index in [2.05, 4.69) is 18.3 Å². The molecule has 0 bridgehead atoms. The zero-order valence-electron chi connectivity index (χ0n) is 24.2. The van der Waals surface area contributed by atoms with Gasteiger partial charge in [0.25, 0.3) is 5.91 Å². The number of carboxylic acids is 1. The average Bonchev–Trinajstić information content (AvgIpc) is 2.95. The Bertz CT molecular complexity index is 1250. The van der Waals surface area contributed by atoms with Crippen LogP contribution >= 0.6 is 11.8 Å². The number of aliphatic carboxylic acids is 1. The number of nitrogens with one attached hydrogen (secondary N) is 1. The predicted molar refractivity (Wildman–Crippen MR) is 156 cm³/mol. The molecular weight excluding hydrogens is 517 g/mol. The van der Waals surface area contributed by atoms with Gasteiger partial charge in [0, 0.05) is 5.56 Å². The monoisotopic (exact) mass is 555 g/mol. The van der Waals surface area contributed by atoms with Crippen LogP contribution < -0.4 is 34.0 Å². The standard InChI is InChI=1S/C32H39NO5S.Li/c1-5-6-14-30(24-11-9-12-25(20-24)37-3)38-21-23-15-16-27(28(19-23)26-13-8-7-10-22(26)2)31(34)33-29(32(35)36)17-18-39-4;/h7-13,15-16,19-20,29-30H,5-6,14,17-18,21H2,1-4H3,(H,33,34)(H,35,36);/q;+1/p-1/t29-,30?;/m0./s1. The van der Waals surface area contributed by atoms with Crippen molar-refractivity contribution in [3.63, 3.8) is 0 Å². The largest absolute Gasteiger partial charge is 1.00 e. The van der Waals surface area contributed by atoms with Crippen LogP contribution in [0.4, 0.5) is 0 Å². The first-order chi connectivity index (χ1) is 18.9. The fraction of sp³-hybridized carbons (Fsp3) is 0.375. The fourth-order valence-electron chi connectivity index (χ4n) is 4.47. The van der Waals surface area contributed by atoms with Crippen LogP contribution in [-0.4, -0.2) is 37.0 Å². The Morgan fingerprint density at radius 2 is 1.77 bits per heavy atom. The summed E-state index contributed by atoms with van der Waals surface area (Å²) in [7, 11) is 1.66. The van der Waals surface area contributed by atoms with Gasteiger partial charge in [0.2, 0.25) is 0 Å². The molecule has 1 amide bonds. The molecule has 3 rings (SSSR count). The van der Waals surface area contributed by atoms with Crippen molar-refractivity contribution in [3.8, 4) is 16.9 Å². The number of hydrogen-bond acceptors (Lipinski definition) is 6. The molecule has 3 aromatic rings. The number of carboxylic acid groups (broad SMARTS) is 1. The number of unbranched alkanes of at least 4 members (excludes halogenated alkanes) is 1. The summed E-state index contributed by atoms with van der Waals surface area (Å²) in [6, 6.07) is 20.3. The van der Waals surface area contributed by atoms with E-state index in [0.717, 1.165) is 52.8 Å². The third-order valence-corrected chi connectivity index (χ3v) is 7.34. The second kappa shape index (κ2) is 17.2. The molecule has 0 spiro atoms. The summed E-state index contributed by atoms with van der Waals surface area (Å²) in [5, 5.41) is 14.3. The molecule has 0 heterocycles. The van der Waals surface area contributed by atoms with Crippen LogP contribution in [0.1, 0.15) is 65.8 Å². The maximum absolute atomic E-state index is 13.3. The number of rotatable bonds is 15. The van der Waals surface area contributed by atoms with Gasteiger partial charge >= 0.3 is 18.9 Å². The SMILES string of the molecule is CCCCC(OCc1ccc(C(=O)N[C@@H](CCSC)C(=O)[O-])c(-c2ccccc2C)c1)c1cccc(OC)c1.[Li+]. The second-order valence-corrected chi connectivity index (χ2v) is 10.5. The molecule has 0 saturated heterocycles. The number of aryl methyl sites for hydroxylation is 1. The summed E-state index contributed by atoms with van der Waals surface area (Å²) in [4.78, 5) is 25.0. The number of hydrogen-bond donors (Lipinski definition) is 1. The van der Waals surface area contributed by atoms with Crippen molar-refractivity contribution in [1.29, 1.82) is 0 Å². The van der Waals surface area contributed by atoms with Crippen LogP contribution in [0.5, 0.6) is 5.75 Å². The van der Waals surface area contributed by atoms with Crippen LogP contribution in [0.2, 0.25) is 0 Å². The van der Waals surface area contributed by atoms with E-state index >= 15 is 0 Å². The summed E-state index contributed by atoms with van der Waals surface area (Å²) in [6.07, 6.45) is 5.08. The second-order valence-electron chi connectivity index (χ2n) is 9.54. The van der Waals surface area contributed by atoms with Crippen molar-refractivity contribution < 1.29 is 43.0 Å². The number of thioether (sulfide) groups is 1. The zero-order valence-corrected chi connectivity index (χ0v) is 25.0. The van der Waals surface area contributed by atoms with Gasteiger partial charge in [-0.3, -0.25) is 4.79 Å². The van der Waals surface area contributed by atoms with E-state index in [4.69, 9.17) is 9.47 Å². The molecule has 0 aliphatic rings. The molecule has 208 valence electrons. The van der Waals surface area contributed by atoms with Crippen LogP contribution in [0.25, 0.3) is 11.1 Å². The third kappa shape index (κ3) is 9.45. The maximum Gasteiger partial charge on any atom is 1.00 e. The molecule has 1 N–H and O–H groups in total. The van der Waals surface area contributed by atoms with Crippen LogP contribution in [0.15, 0.2) is 66.7 Å². The summed E-state index contributed by atoms with van der Waals surface area (Å²) >= 11 is 1.52. The number of benzene rings is 3. The molecule has 0 aliphatic carbocycles. The van der Waals surface area contributed by atoms with E-state index in [1.165, 1.54) is 11.8 Å². The molecule has 0 radical (unpaired) electrons. The van der Waals surface area contributed by atoms with E-state index in [9.17, 15) is 14.7 Å². The summed E-state index contributed by atoms with van der Waals surface area (Å²) in [6.45, 7) is 4.51. The molecule has 0 aliphatic heterocycles. The topological polar surface area (TPSA) is 87.7 Å². The van der Waals surface area contributed by atoms with E-state index in [0.29, 0.717) is 24.3 Å². The first kappa shape index (κ1) is 33.5. The van der Waals surface area contributed by atoms with E-state index < -0.39 is 17.9 Å². The van der Waals surface area contributed by atoms with Crippen molar-refractivity contribution in [3.05, 3.63) is 89.0 Å². The first-order valence-corrected chi connectivity index (χ1v) is 14.7. The minimum absolute atomic E-state index is 0. The maximum atomic E-state index is 13.3. The fourth-order valence-corrected chi connectivity index (χ4v) is 4.94. The van der Waals surface area contributed by atoms with Gasteiger partial charge in [0.05, 0.1) is 31.8 Å². The minimum atomic E-state index is -1.28. The predicted octanol–water partition coefficient (Wildman–Crippen LogP) is 2.72. The molecule has 0 fully saturated rings. The summed E-state index contributed by atoms with van der Waals surface area (Å²) in [5.74, 6) is -0.322. The Morgan fingerprint density at radius 3 is 2.45 bits per heavy atom. The molecule has 40 heavy (non-hydrogen) atoms. The molecule has 8 heteroatoms. The number of carbonyl (C=O) groups excluding carboxylic acids is 2. The molecular formula is C32H38LiNO5S.